The summed E-state index contributed by atoms with van der Waals surface area (Å²) in [5.41, 5.74) is 1.02. The quantitative estimate of drug-likeness (QED) is 0.329. The molecule has 1 fully saturated rings. The number of aliphatic hydroxyl groups is 2. The monoisotopic (exact) mass is 391 g/mol. The van der Waals surface area contributed by atoms with Crippen molar-refractivity contribution in [3.63, 3.8) is 0 Å². The summed E-state index contributed by atoms with van der Waals surface area (Å²) in [5.74, 6) is 1.41. The molecular formula is C25H45NO2. The van der Waals surface area contributed by atoms with E-state index in [4.69, 9.17) is 0 Å². The van der Waals surface area contributed by atoms with Gasteiger partial charge in [-0.25, -0.2) is 0 Å². The predicted molar refractivity (Wildman–Crippen MR) is 119 cm³/mol. The maximum Gasteiger partial charge on any atom is 0.0654 e. The Kier molecular flexibility index (Phi) is 9.73. The van der Waals surface area contributed by atoms with Gasteiger partial charge in [0.2, 0.25) is 0 Å². The second-order valence-corrected chi connectivity index (χ2v) is 9.94. The topological polar surface area (TPSA) is 43.7 Å². The SMILES string of the molecule is CCCC[C@](C)(O)C/C=C/[C@@H]1[C@H]2CC(CCCCCCN(C)C)=C[C@H]2C[C@H]1O. The summed E-state index contributed by atoms with van der Waals surface area (Å²) in [6, 6.07) is 0. The van der Waals surface area contributed by atoms with Crippen molar-refractivity contribution in [2.24, 2.45) is 17.8 Å². The van der Waals surface area contributed by atoms with Crippen molar-refractivity contribution in [3.05, 3.63) is 23.8 Å². The van der Waals surface area contributed by atoms with Gasteiger partial charge in [0.05, 0.1) is 11.7 Å². The Morgan fingerprint density at radius 1 is 1.18 bits per heavy atom. The number of nitrogens with zero attached hydrogens (tertiary/aromatic N) is 1. The zero-order valence-electron chi connectivity index (χ0n) is 18.9. The van der Waals surface area contributed by atoms with Gasteiger partial charge in [0, 0.05) is 5.92 Å². The van der Waals surface area contributed by atoms with Crippen LogP contribution in [0.1, 0.15) is 84.5 Å². The first-order chi connectivity index (χ1) is 13.3. The standard InChI is InChI=1S/C25H45NO2/c1-5-6-14-25(2,28)15-11-13-22-23-18-20(17-21(23)19-24(22)27)12-9-7-8-10-16-26(3)4/h11,13,17,21-24,27-28H,5-10,12,14-16,18-19H2,1-4H3/b13-11+/t21-,22+,23-,24+,25-/m0/s1. The highest BCUT2D eigenvalue weighted by Crippen LogP contribution is 2.48. The van der Waals surface area contributed by atoms with Crippen LogP contribution in [0.2, 0.25) is 0 Å². The lowest BCUT2D eigenvalue weighted by Crippen LogP contribution is -2.23. The number of allylic oxidation sites excluding steroid dienone is 2. The normalized spacial score (nSPS) is 29.5. The third kappa shape index (κ3) is 7.65. The summed E-state index contributed by atoms with van der Waals surface area (Å²) in [6.45, 7) is 5.30. The van der Waals surface area contributed by atoms with Crippen molar-refractivity contribution < 1.29 is 10.2 Å². The third-order valence-electron chi connectivity index (χ3n) is 6.79. The molecular weight excluding hydrogens is 346 g/mol. The van der Waals surface area contributed by atoms with E-state index in [0.29, 0.717) is 18.3 Å². The largest absolute Gasteiger partial charge is 0.392 e. The molecule has 2 rings (SSSR count). The number of unbranched alkanes of at least 4 members (excludes halogenated alkanes) is 4. The maximum atomic E-state index is 10.5. The van der Waals surface area contributed by atoms with Crippen LogP contribution in [0, 0.1) is 17.8 Å². The summed E-state index contributed by atoms with van der Waals surface area (Å²) in [5, 5.41) is 21.0. The minimum Gasteiger partial charge on any atom is -0.392 e. The summed E-state index contributed by atoms with van der Waals surface area (Å²) < 4.78 is 0. The number of aliphatic hydroxyl groups excluding tert-OH is 1. The van der Waals surface area contributed by atoms with Gasteiger partial charge in [-0.05, 0) is 84.3 Å². The lowest BCUT2D eigenvalue weighted by Gasteiger charge is -2.22. The molecule has 0 heterocycles. The van der Waals surface area contributed by atoms with Gasteiger partial charge in [0.1, 0.15) is 0 Å². The zero-order valence-corrected chi connectivity index (χ0v) is 18.9. The van der Waals surface area contributed by atoms with Crippen LogP contribution in [-0.4, -0.2) is 47.5 Å². The summed E-state index contributed by atoms with van der Waals surface area (Å²) in [7, 11) is 4.29. The van der Waals surface area contributed by atoms with Crippen molar-refractivity contribution >= 4 is 0 Å². The molecule has 5 atom stereocenters. The molecule has 2 aliphatic carbocycles. The van der Waals surface area contributed by atoms with Crippen LogP contribution >= 0.6 is 0 Å². The Balaban J connectivity index is 1.73. The molecule has 0 amide bonds. The molecule has 3 nitrogen and oxygen atoms in total. The van der Waals surface area contributed by atoms with E-state index in [1.807, 2.05) is 6.92 Å². The minimum absolute atomic E-state index is 0.212. The van der Waals surface area contributed by atoms with Gasteiger partial charge in [-0.15, -0.1) is 0 Å². The van der Waals surface area contributed by atoms with Gasteiger partial charge >= 0.3 is 0 Å². The fourth-order valence-corrected chi connectivity index (χ4v) is 5.06. The average molecular weight is 392 g/mol. The van der Waals surface area contributed by atoms with Gasteiger partial charge in [-0.3, -0.25) is 0 Å². The molecule has 2 N–H and O–H groups in total. The first kappa shape index (κ1) is 23.6. The van der Waals surface area contributed by atoms with Crippen molar-refractivity contribution in [2.45, 2.75) is 96.2 Å². The summed E-state index contributed by atoms with van der Waals surface area (Å²) in [6.07, 6.45) is 19.0. The molecule has 2 aliphatic rings. The highest BCUT2D eigenvalue weighted by molar-refractivity contribution is 5.20. The molecule has 0 bridgehead atoms. The van der Waals surface area contributed by atoms with Crippen LogP contribution in [0.25, 0.3) is 0 Å². The number of hydrogen-bond donors (Lipinski definition) is 2. The van der Waals surface area contributed by atoms with E-state index in [2.05, 4.69) is 44.1 Å². The molecule has 3 heteroatoms. The van der Waals surface area contributed by atoms with Crippen LogP contribution in [0.3, 0.4) is 0 Å². The fourth-order valence-electron chi connectivity index (χ4n) is 5.06. The van der Waals surface area contributed by atoms with Crippen molar-refractivity contribution in [3.8, 4) is 0 Å². The molecule has 0 spiro atoms. The predicted octanol–water partition coefficient (Wildman–Crippen LogP) is 5.33. The van der Waals surface area contributed by atoms with Crippen molar-refractivity contribution in [2.75, 3.05) is 20.6 Å². The molecule has 0 aliphatic heterocycles. The van der Waals surface area contributed by atoms with Gasteiger partial charge in [0.25, 0.3) is 0 Å². The minimum atomic E-state index is -0.610. The first-order valence-corrected chi connectivity index (χ1v) is 11.7. The summed E-state index contributed by atoms with van der Waals surface area (Å²) in [4.78, 5) is 2.27. The second-order valence-electron chi connectivity index (χ2n) is 9.94. The van der Waals surface area contributed by atoms with Crippen LogP contribution < -0.4 is 0 Å². The van der Waals surface area contributed by atoms with E-state index in [9.17, 15) is 10.2 Å². The van der Waals surface area contributed by atoms with Crippen molar-refractivity contribution in [1.82, 2.24) is 4.90 Å². The smallest absolute Gasteiger partial charge is 0.0654 e. The molecule has 0 aromatic rings. The Hall–Kier alpha value is -0.640. The number of rotatable bonds is 13. The Morgan fingerprint density at radius 3 is 2.64 bits per heavy atom. The van der Waals surface area contributed by atoms with E-state index in [-0.39, 0.29) is 12.0 Å². The lowest BCUT2D eigenvalue weighted by molar-refractivity contribution is 0.0513. The molecule has 0 unspecified atom stereocenters. The molecule has 162 valence electrons. The van der Waals surface area contributed by atoms with E-state index in [1.165, 1.54) is 45.1 Å². The number of fused-ring (bicyclic) bond motifs is 1. The fraction of sp³-hybridized carbons (Fsp3) is 0.840. The first-order valence-electron chi connectivity index (χ1n) is 11.7. The molecule has 28 heavy (non-hydrogen) atoms. The van der Waals surface area contributed by atoms with Crippen LogP contribution in [0.5, 0.6) is 0 Å². The average Bonchev–Trinajstić information content (AvgIpc) is 3.13. The van der Waals surface area contributed by atoms with E-state index in [1.54, 1.807) is 5.57 Å². The van der Waals surface area contributed by atoms with Crippen LogP contribution in [0.15, 0.2) is 23.8 Å². The Labute approximate surface area is 173 Å². The van der Waals surface area contributed by atoms with Gasteiger partial charge in [0.15, 0.2) is 0 Å². The molecule has 0 aromatic carbocycles. The highest BCUT2D eigenvalue weighted by Gasteiger charge is 2.43. The van der Waals surface area contributed by atoms with Gasteiger partial charge in [-0.1, -0.05) is 56.4 Å². The number of hydrogen-bond acceptors (Lipinski definition) is 3. The lowest BCUT2D eigenvalue weighted by atomic mass is 9.87. The van der Waals surface area contributed by atoms with E-state index in [0.717, 1.165) is 25.7 Å². The van der Waals surface area contributed by atoms with Crippen LogP contribution in [-0.2, 0) is 0 Å². The molecule has 0 saturated heterocycles. The third-order valence-corrected chi connectivity index (χ3v) is 6.79. The van der Waals surface area contributed by atoms with Crippen molar-refractivity contribution in [1.29, 1.82) is 0 Å². The van der Waals surface area contributed by atoms with E-state index >= 15 is 0 Å². The Morgan fingerprint density at radius 2 is 1.93 bits per heavy atom. The second kappa shape index (κ2) is 11.5. The molecule has 0 aromatic heterocycles. The van der Waals surface area contributed by atoms with Crippen LogP contribution in [0.4, 0.5) is 0 Å². The highest BCUT2D eigenvalue weighted by atomic mass is 16.3. The maximum absolute atomic E-state index is 10.5. The molecule has 1 saturated carbocycles. The van der Waals surface area contributed by atoms with E-state index < -0.39 is 5.60 Å². The van der Waals surface area contributed by atoms with Gasteiger partial charge < -0.3 is 15.1 Å². The molecule has 0 radical (unpaired) electrons. The van der Waals surface area contributed by atoms with Gasteiger partial charge in [-0.2, -0.15) is 0 Å². The Bertz CT molecular complexity index is 509. The summed E-state index contributed by atoms with van der Waals surface area (Å²) >= 11 is 0. The zero-order chi connectivity index (χ0) is 20.6.